The molecule has 152 valence electrons. The summed E-state index contributed by atoms with van der Waals surface area (Å²) in [6.07, 6.45) is 1.22. The highest BCUT2D eigenvalue weighted by molar-refractivity contribution is 7.99. The number of benzene rings is 1. The van der Waals surface area contributed by atoms with Crippen molar-refractivity contribution in [1.82, 2.24) is 19.5 Å². The van der Waals surface area contributed by atoms with Gasteiger partial charge in [-0.3, -0.25) is 0 Å². The van der Waals surface area contributed by atoms with E-state index in [4.69, 9.17) is 5.73 Å². The van der Waals surface area contributed by atoms with Gasteiger partial charge >= 0.3 is 0 Å². The molecule has 0 saturated heterocycles. The molecule has 2 aliphatic carbocycles. The fraction of sp³-hybridized carbons (Fsp3) is 0.450. The summed E-state index contributed by atoms with van der Waals surface area (Å²) in [5.74, 6) is 1.10. The van der Waals surface area contributed by atoms with Crippen LogP contribution in [0.1, 0.15) is 18.0 Å². The Morgan fingerprint density at radius 3 is 2.72 bits per heavy atom. The van der Waals surface area contributed by atoms with Gasteiger partial charge in [0.05, 0.1) is 25.1 Å². The summed E-state index contributed by atoms with van der Waals surface area (Å²) in [5, 5.41) is 31.3. The number of aromatic nitrogens is 4. The average Bonchev–Trinajstić information content (AvgIpc) is 3.24. The molecule has 0 radical (unpaired) electrons. The van der Waals surface area contributed by atoms with Crippen LogP contribution in [0, 0.1) is 11.3 Å². The van der Waals surface area contributed by atoms with E-state index in [0.29, 0.717) is 28.6 Å². The highest BCUT2D eigenvalue weighted by Gasteiger charge is 2.71. The Hall–Kier alpha value is -2.20. The lowest BCUT2D eigenvalue weighted by molar-refractivity contribution is -0.0300. The van der Waals surface area contributed by atoms with Crippen LogP contribution >= 0.6 is 11.8 Å². The van der Waals surface area contributed by atoms with Gasteiger partial charge in [0.2, 0.25) is 0 Å². The Bertz CT molecular complexity index is 1050. The lowest BCUT2D eigenvalue weighted by Crippen LogP contribution is -2.35. The first-order chi connectivity index (χ1) is 14.0. The predicted molar refractivity (Wildman–Crippen MR) is 109 cm³/mol. The molecular formula is C20H23N5O3S. The molecule has 1 aromatic carbocycles. The van der Waals surface area contributed by atoms with Crippen LogP contribution in [0.2, 0.25) is 0 Å². The van der Waals surface area contributed by atoms with E-state index < -0.39 is 23.7 Å². The van der Waals surface area contributed by atoms with Crippen LogP contribution in [0.5, 0.6) is 0 Å². The lowest BCUT2D eigenvalue weighted by atomic mass is 10.0. The Balaban J connectivity index is 1.41. The van der Waals surface area contributed by atoms with E-state index in [0.717, 1.165) is 12.2 Å². The first-order valence-corrected chi connectivity index (χ1v) is 10.7. The maximum absolute atomic E-state index is 10.6. The second kappa shape index (κ2) is 6.94. The number of anilines is 1. The Labute approximate surface area is 171 Å². The van der Waals surface area contributed by atoms with Crippen LogP contribution in [-0.2, 0) is 6.42 Å². The van der Waals surface area contributed by atoms with Gasteiger partial charge in [-0.15, -0.1) is 0 Å². The van der Waals surface area contributed by atoms with E-state index in [9.17, 15) is 15.3 Å². The number of rotatable bonds is 6. The van der Waals surface area contributed by atoms with Gasteiger partial charge in [-0.1, -0.05) is 42.1 Å². The molecule has 0 bridgehead atoms. The standard InChI is InChI=1S/C20H23N5O3S/c21-17-13-18(24-19(23-17)29-7-6-11-4-2-1-3-5-11)25(10-22-13)14-12-8-20(12,9-26)16(28)15(14)27/h1-5,10,12,14-16,26-28H,6-9H2,(H2,21,23,24)/t12-,14-,15?,16-,20+/m1/s1. The van der Waals surface area contributed by atoms with Crippen LogP contribution in [0.4, 0.5) is 5.82 Å². The third-order valence-corrected chi connectivity index (χ3v) is 7.21. The summed E-state index contributed by atoms with van der Waals surface area (Å²) < 4.78 is 1.79. The minimum absolute atomic E-state index is 0.0136. The summed E-state index contributed by atoms with van der Waals surface area (Å²) >= 11 is 1.52. The molecule has 0 aliphatic heterocycles. The smallest absolute Gasteiger partial charge is 0.191 e. The van der Waals surface area contributed by atoms with E-state index >= 15 is 0 Å². The van der Waals surface area contributed by atoms with Crippen LogP contribution in [-0.4, -0.2) is 59.4 Å². The van der Waals surface area contributed by atoms with Crippen molar-refractivity contribution in [2.75, 3.05) is 18.1 Å². The number of nitrogens with two attached hydrogens (primary N) is 1. The molecule has 2 heterocycles. The Kier molecular flexibility index (Phi) is 4.50. The molecule has 2 fully saturated rings. The monoisotopic (exact) mass is 413 g/mol. The number of nitrogen functional groups attached to an aromatic ring is 1. The van der Waals surface area contributed by atoms with Crippen LogP contribution in [0.3, 0.4) is 0 Å². The number of aliphatic hydroxyl groups is 3. The molecule has 0 amide bonds. The number of aryl methyl sites for hydroxylation is 1. The summed E-state index contributed by atoms with van der Waals surface area (Å²) in [4.78, 5) is 13.4. The second-order valence-corrected chi connectivity index (χ2v) is 8.99. The van der Waals surface area contributed by atoms with Gasteiger partial charge in [0, 0.05) is 11.2 Å². The molecule has 1 unspecified atom stereocenters. The minimum atomic E-state index is -0.983. The Morgan fingerprint density at radius 1 is 1.21 bits per heavy atom. The summed E-state index contributed by atoms with van der Waals surface area (Å²) in [6, 6.07) is 9.82. The number of nitrogens with zero attached hydrogens (tertiary/aromatic N) is 4. The third kappa shape index (κ3) is 2.92. The number of fused-ring (bicyclic) bond motifs is 2. The van der Waals surface area contributed by atoms with Crippen molar-refractivity contribution in [3.8, 4) is 0 Å². The topological polar surface area (TPSA) is 130 Å². The zero-order valence-corrected chi connectivity index (χ0v) is 16.5. The SMILES string of the molecule is Nc1nc(SCCc2ccccc2)nc2c1ncn2[C@H]1C(O)[C@@H](O)[C@]2(CO)C[C@H]12. The molecule has 5 atom stereocenters. The minimum Gasteiger partial charge on any atom is -0.396 e. The first kappa shape index (κ1) is 18.8. The van der Waals surface area contributed by atoms with E-state index in [1.165, 1.54) is 17.3 Å². The molecule has 5 rings (SSSR count). The maximum atomic E-state index is 10.6. The average molecular weight is 414 g/mol. The largest absolute Gasteiger partial charge is 0.396 e. The van der Waals surface area contributed by atoms with Gasteiger partial charge in [-0.05, 0) is 24.3 Å². The van der Waals surface area contributed by atoms with E-state index in [-0.39, 0.29) is 12.5 Å². The van der Waals surface area contributed by atoms with Gasteiger partial charge in [-0.2, -0.15) is 0 Å². The number of hydrogen-bond acceptors (Lipinski definition) is 8. The molecule has 2 aliphatic rings. The van der Waals surface area contributed by atoms with Crippen molar-refractivity contribution in [1.29, 1.82) is 0 Å². The third-order valence-electron chi connectivity index (χ3n) is 6.36. The van der Waals surface area contributed by atoms with E-state index in [1.807, 2.05) is 18.2 Å². The first-order valence-electron chi connectivity index (χ1n) is 9.69. The van der Waals surface area contributed by atoms with Crippen LogP contribution in [0.25, 0.3) is 11.2 Å². The summed E-state index contributed by atoms with van der Waals surface area (Å²) in [7, 11) is 0. The molecule has 3 aromatic rings. The number of hydrogen-bond donors (Lipinski definition) is 4. The van der Waals surface area contributed by atoms with Crippen molar-refractivity contribution < 1.29 is 15.3 Å². The molecule has 29 heavy (non-hydrogen) atoms. The van der Waals surface area contributed by atoms with Crippen molar-refractivity contribution >= 4 is 28.7 Å². The number of imidazole rings is 1. The maximum Gasteiger partial charge on any atom is 0.191 e. The molecule has 2 aromatic heterocycles. The van der Waals surface area contributed by atoms with Gasteiger partial charge in [0.25, 0.3) is 0 Å². The van der Waals surface area contributed by atoms with Crippen LogP contribution < -0.4 is 5.73 Å². The Morgan fingerprint density at radius 2 is 2.00 bits per heavy atom. The molecule has 8 nitrogen and oxygen atoms in total. The van der Waals surface area contributed by atoms with E-state index in [1.54, 1.807) is 10.9 Å². The quantitative estimate of drug-likeness (QED) is 0.348. The van der Waals surface area contributed by atoms with Gasteiger partial charge in [0.15, 0.2) is 16.6 Å². The van der Waals surface area contributed by atoms with Crippen molar-refractivity contribution in [2.45, 2.75) is 36.2 Å². The highest BCUT2D eigenvalue weighted by atomic mass is 32.2. The molecule has 0 spiro atoms. The normalized spacial score (nSPS) is 30.6. The molecule has 5 N–H and O–H groups in total. The van der Waals surface area contributed by atoms with Crippen LogP contribution in [0.15, 0.2) is 41.8 Å². The molecule has 9 heteroatoms. The summed E-state index contributed by atoms with van der Waals surface area (Å²) in [5.41, 5.74) is 7.79. The zero-order valence-electron chi connectivity index (χ0n) is 15.7. The highest BCUT2D eigenvalue weighted by Crippen LogP contribution is 2.67. The zero-order chi connectivity index (χ0) is 20.2. The fourth-order valence-corrected chi connectivity index (χ4v) is 5.49. The molecule has 2 saturated carbocycles. The van der Waals surface area contributed by atoms with Crippen molar-refractivity contribution in [2.24, 2.45) is 11.3 Å². The van der Waals surface area contributed by atoms with E-state index in [2.05, 4.69) is 27.1 Å². The van der Waals surface area contributed by atoms with Gasteiger partial charge < -0.3 is 25.6 Å². The van der Waals surface area contributed by atoms with Gasteiger partial charge in [-0.25, -0.2) is 15.0 Å². The van der Waals surface area contributed by atoms with Gasteiger partial charge in [0.1, 0.15) is 11.6 Å². The number of aliphatic hydroxyl groups excluding tert-OH is 3. The fourth-order valence-electron chi connectivity index (χ4n) is 4.66. The summed E-state index contributed by atoms with van der Waals surface area (Å²) in [6.45, 7) is -0.142. The predicted octanol–water partition coefficient (Wildman–Crippen LogP) is 1.02. The molecular weight excluding hydrogens is 390 g/mol. The van der Waals surface area contributed by atoms with Crippen molar-refractivity contribution in [3.63, 3.8) is 0 Å². The lowest BCUT2D eigenvalue weighted by Gasteiger charge is -2.23. The second-order valence-electron chi connectivity index (χ2n) is 7.93. The van der Waals surface area contributed by atoms with Crippen molar-refractivity contribution in [3.05, 3.63) is 42.2 Å². The number of thioether (sulfide) groups is 1.